The van der Waals surface area contributed by atoms with Crippen LogP contribution < -0.4 is 4.74 Å². The molecule has 0 saturated heterocycles. The smallest absolute Gasteiger partial charge is 0.243 e. The molecule has 1 aromatic rings. The summed E-state index contributed by atoms with van der Waals surface area (Å²) in [6.07, 6.45) is 2.67. The topological polar surface area (TPSA) is 66.8 Å². The van der Waals surface area contributed by atoms with Crippen LogP contribution in [0.3, 0.4) is 0 Å². The second-order valence-electron chi connectivity index (χ2n) is 5.57. The Morgan fingerprint density at radius 3 is 2.52 bits per heavy atom. The average molecular weight is 313 g/mol. The van der Waals surface area contributed by atoms with Gasteiger partial charge in [-0.15, -0.1) is 0 Å². The van der Waals surface area contributed by atoms with Gasteiger partial charge in [-0.1, -0.05) is 12.8 Å². The molecule has 118 valence electrons. The fourth-order valence-corrected chi connectivity index (χ4v) is 4.37. The number of nitrogens with zero attached hydrogens (tertiary/aromatic N) is 1. The molecule has 0 aromatic heterocycles. The van der Waals surface area contributed by atoms with Crippen LogP contribution in [-0.4, -0.2) is 44.1 Å². The fourth-order valence-electron chi connectivity index (χ4n) is 2.87. The molecule has 0 unspecified atom stereocenters. The summed E-state index contributed by atoms with van der Waals surface area (Å²) in [6.45, 7) is 1.81. The highest BCUT2D eigenvalue weighted by Gasteiger charge is 2.34. The van der Waals surface area contributed by atoms with Crippen molar-refractivity contribution in [2.45, 2.75) is 49.6 Å². The third-order valence-electron chi connectivity index (χ3n) is 4.20. The standard InChI is InChI=1S/C15H23NO4S/c1-11-10-12(8-9-15(11)20-3)21(18,19)16(2)13-6-4-5-7-14(13)17/h8-10,13-14,17H,4-7H2,1-3H3/t13-,14+/m1/s1. The van der Waals surface area contributed by atoms with Crippen LogP contribution in [0.5, 0.6) is 5.75 Å². The lowest BCUT2D eigenvalue weighted by Crippen LogP contribution is -2.46. The highest BCUT2D eigenvalue weighted by Crippen LogP contribution is 2.28. The number of sulfonamides is 1. The molecule has 2 rings (SSSR count). The zero-order valence-electron chi connectivity index (χ0n) is 12.7. The van der Waals surface area contributed by atoms with Crippen LogP contribution in [-0.2, 0) is 10.0 Å². The van der Waals surface area contributed by atoms with E-state index in [0.717, 1.165) is 18.4 Å². The lowest BCUT2D eigenvalue weighted by molar-refractivity contribution is 0.0638. The van der Waals surface area contributed by atoms with Crippen LogP contribution in [0.4, 0.5) is 0 Å². The Balaban J connectivity index is 2.30. The van der Waals surface area contributed by atoms with Crippen molar-refractivity contribution < 1.29 is 18.3 Å². The van der Waals surface area contributed by atoms with E-state index >= 15 is 0 Å². The summed E-state index contributed by atoms with van der Waals surface area (Å²) in [6, 6.07) is 4.48. The van der Waals surface area contributed by atoms with Gasteiger partial charge < -0.3 is 9.84 Å². The maximum absolute atomic E-state index is 12.7. The normalized spacial score (nSPS) is 23.3. The number of hydrogen-bond acceptors (Lipinski definition) is 4. The van der Waals surface area contributed by atoms with Crippen molar-refractivity contribution in [2.24, 2.45) is 0 Å². The van der Waals surface area contributed by atoms with Crippen molar-refractivity contribution in [1.29, 1.82) is 0 Å². The van der Waals surface area contributed by atoms with Gasteiger partial charge >= 0.3 is 0 Å². The highest BCUT2D eigenvalue weighted by atomic mass is 32.2. The van der Waals surface area contributed by atoms with Crippen molar-refractivity contribution in [1.82, 2.24) is 4.31 Å². The first-order valence-corrected chi connectivity index (χ1v) is 8.62. The SMILES string of the molecule is COc1ccc(S(=O)(=O)N(C)[C@@H]2CCCC[C@@H]2O)cc1C. The van der Waals surface area contributed by atoms with Gasteiger partial charge in [0, 0.05) is 7.05 Å². The van der Waals surface area contributed by atoms with Crippen molar-refractivity contribution in [3.05, 3.63) is 23.8 Å². The number of aryl methyl sites for hydroxylation is 1. The minimum absolute atomic E-state index is 0.237. The third kappa shape index (κ3) is 3.22. The molecule has 0 amide bonds. The number of benzene rings is 1. The average Bonchev–Trinajstić information content (AvgIpc) is 2.47. The van der Waals surface area contributed by atoms with Crippen LogP contribution in [0.25, 0.3) is 0 Å². The van der Waals surface area contributed by atoms with Crippen molar-refractivity contribution in [3.8, 4) is 5.75 Å². The Bertz CT molecular complexity index is 600. The molecule has 1 fully saturated rings. The number of aliphatic hydroxyl groups excluding tert-OH is 1. The number of ether oxygens (including phenoxy) is 1. The van der Waals surface area contributed by atoms with E-state index in [2.05, 4.69) is 0 Å². The third-order valence-corrected chi connectivity index (χ3v) is 6.08. The summed E-state index contributed by atoms with van der Waals surface area (Å²) in [5.41, 5.74) is 0.774. The van der Waals surface area contributed by atoms with Gasteiger partial charge in [0.05, 0.1) is 24.2 Å². The van der Waals surface area contributed by atoms with Crippen LogP contribution >= 0.6 is 0 Å². The summed E-state index contributed by atoms with van der Waals surface area (Å²) in [5.74, 6) is 0.661. The first-order valence-electron chi connectivity index (χ1n) is 7.18. The van der Waals surface area contributed by atoms with E-state index in [4.69, 9.17) is 4.74 Å². The quantitative estimate of drug-likeness (QED) is 0.922. The molecule has 1 aliphatic rings. The molecule has 0 spiro atoms. The maximum Gasteiger partial charge on any atom is 0.243 e. The molecule has 21 heavy (non-hydrogen) atoms. The summed E-state index contributed by atoms with van der Waals surface area (Å²) < 4.78 is 31.9. The Morgan fingerprint density at radius 2 is 1.95 bits per heavy atom. The fraction of sp³-hybridized carbons (Fsp3) is 0.600. The van der Waals surface area contributed by atoms with Crippen molar-refractivity contribution in [2.75, 3.05) is 14.2 Å². The molecule has 2 atom stereocenters. The predicted octanol–water partition coefficient (Wildman–Crippen LogP) is 1.93. The van der Waals surface area contributed by atoms with E-state index in [1.54, 1.807) is 32.4 Å². The lowest BCUT2D eigenvalue weighted by atomic mass is 9.93. The van der Waals surface area contributed by atoms with Gasteiger partial charge in [0.1, 0.15) is 5.75 Å². The minimum atomic E-state index is -3.60. The largest absolute Gasteiger partial charge is 0.496 e. The number of likely N-dealkylation sites (N-methyl/N-ethyl adjacent to an activating group) is 1. The second-order valence-corrected chi connectivity index (χ2v) is 7.57. The van der Waals surface area contributed by atoms with Gasteiger partial charge in [-0.3, -0.25) is 0 Å². The van der Waals surface area contributed by atoms with Gasteiger partial charge in [-0.2, -0.15) is 4.31 Å². The maximum atomic E-state index is 12.7. The van der Waals surface area contributed by atoms with Crippen molar-refractivity contribution in [3.63, 3.8) is 0 Å². The van der Waals surface area contributed by atoms with Gasteiger partial charge in [0.15, 0.2) is 0 Å². The summed E-state index contributed by atoms with van der Waals surface area (Å²) in [4.78, 5) is 0.237. The molecule has 1 aliphatic carbocycles. The van der Waals surface area contributed by atoms with E-state index in [0.29, 0.717) is 18.6 Å². The molecule has 0 heterocycles. The Morgan fingerprint density at radius 1 is 1.29 bits per heavy atom. The van der Waals surface area contributed by atoms with E-state index in [-0.39, 0.29) is 10.9 Å². The van der Waals surface area contributed by atoms with E-state index in [1.165, 1.54) is 4.31 Å². The lowest BCUT2D eigenvalue weighted by Gasteiger charge is -2.34. The first-order chi connectivity index (χ1) is 9.87. The highest BCUT2D eigenvalue weighted by molar-refractivity contribution is 7.89. The molecule has 1 saturated carbocycles. The van der Waals surface area contributed by atoms with Crippen molar-refractivity contribution >= 4 is 10.0 Å². The zero-order chi connectivity index (χ0) is 15.6. The van der Waals surface area contributed by atoms with Gasteiger partial charge in [-0.25, -0.2) is 8.42 Å². The molecule has 0 radical (unpaired) electrons. The Hall–Kier alpha value is -1.11. The van der Waals surface area contributed by atoms with E-state index in [9.17, 15) is 13.5 Å². The Labute approximate surface area is 126 Å². The zero-order valence-corrected chi connectivity index (χ0v) is 13.6. The number of rotatable bonds is 4. The summed E-state index contributed by atoms with van der Waals surface area (Å²) in [5, 5.41) is 10.1. The first kappa shape index (κ1) is 16.3. The van der Waals surface area contributed by atoms with Crippen LogP contribution in [0.2, 0.25) is 0 Å². The molecule has 5 nitrogen and oxygen atoms in total. The van der Waals surface area contributed by atoms with E-state index in [1.807, 2.05) is 6.92 Å². The minimum Gasteiger partial charge on any atom is -0.496 e. The molecular formula is C15H23NO4S. The monoisotopic (exact) mass is 313 g/mol. The van der Waals surface area contributed by atoms with Crippen LogP contribution in [0.15, 0.2) is 23.1 Å². The molecule has 1 aromatic carbocycles. The number of hydrogen-bond donors (Lipinski definition) is 1. The van der Waals surface area contributed by atoms with E-state index < -0.39 is 16.1 Å². The summed E-state index contributed by atoms with van der Waals surface area (Å²) >= 11 is 0. The number of methoxy groups -OCH3 is 1. The second kappa shape index (κ2) is 6.34. The van der Waals surface area contributed by atoms with Crippen LogP contribution in [0, 0.1) is 6.92 Å². The molecule has 6 heteroatoms. The number of aliphatic hydroxyl groups is 1. The molecule has 0 aliphatic heterocycles. The predicted molar refractivity (Wildman–Crippen MR) is 80.9 cm³/mol. The molecule has 1 N–H and O–H groups in total. The molecule has 0 bridgehead atoms. The van der Waals surface area contributed by atoms with Gasteiger partial charge in [-0.05, 0) is 43.5 Å². The molecular weight excluding hydrogens is 290 g/mol. The Kier molecular flexibility index (Phi) is 4.91. The van der Waals surface area contributed by atoms with Gasteiger partial charge in [0.25, 0.3) is 0 Å². The van der Waals surface area contributed by atoms with Crippen LogP contribution in [0.1, 0.15) is 31.2 Å². The summed E-state index contributed by atoms with van der Waals surface area (Å²) in [7, 11) is -0.495. The van der Waals surface area contributed by atoms with Gasteiger partial charge in [0.2, 0.25) is 10.0 Å².